The molecule has 1 aromatic carbocycles. The van der Waals surface area contributed by atoms with E-state index in [0.29, 0.717) is 22.9 Å². The quantitative estimate of drug-likeness (QED) is 0.822. The van der Waals surface area contributed by atoms with Crippen molar-refractivity contribution in [1.29, 1.82) is 0 Å². The standard InChI is InChI=1S/C14H15BrF3NO2/c15-12-3-1-2-10(12)8-19-13(20)9-4-6-11(7-5-9)21-14(16,17)18/h4-7,10,12H,1-3,8H2,(H,19,20). The summed E-state index contributed by atoms with van der Waals surface area (Å²) in [7, 11) is 0. The molecule has 2 atom stereocenters. The SMILES string of the molecule is O=C(NCC1CCCC1Br)c1ccc(OC(F)(F)F)cc1. The lowest BCUT2D eigenvalue weighted by Crippen LogP contribution is -2.30. The highest BCUT2D eigenvalue weighted by atomic mass is 79.9. The van der Waals surface area contributed by atoms with Gasteiger partial charge in [0.1, 0.15) is 5.75 Å². The molecule has 0 aromatic heterocycles. The summed E-state index contributed by atoms with van der Waals surface area (Å²) in [5, 5.41) is 2.81. The van der Waals surface area contributed by atoms with Crippen LogP contribution in [0.5, 0.6) is 5.75 Å². The van der Waals surface area contributed by atoms with Gasteiger partial charge in [0.15, 0.2) is 0 Å². The van der Waals surface area contributed by atoms with Gasteiger partial charge in [0.25, 0.3) is 5.91 Å². The Balaban J connectivity index is 1.87. The van der Waals surface area contributed by atoms with Crippen molar-refractivity contribution >= 4 is 21.8 Å². The van der Waals surface area contributed by atoms with E-state index in [1.54, 1.807) is 0 Å². The molecule has 2 rings (SSSR count). The molecule has 1 fully saturated rings. The Bertz CT molecular complexity index is 490. The van der Waals surface area contributed by atoms with Crippen LogP contribution in [0.2, 0.25) is 0 Å². The van der Waals surface area contributed by atoms with Crippen LogP contribution in [0.4, 0.5) is 13.2 Å². The fourth-order valence-electron chi connectivity index (χ4n) is 2.36. The highest BCUT2D eigenvalue weighted by Gasteiger charge is 2.31. The Kier molecular flexibility index (Phi) is 5.13. The van der Waals surface area contributed by atoms with E-state index < -0.39 is 6.36 Å². The Hall–Kier alpha value is -1.24. The number of amides is 1. The molecule has 21 heavy (non-hydrogen) atoms. The van der Waals surface area contributed by atoms with Gasteiger partial charge in [0, 0.05) is 16.9 Å². The number of carbonyl (C=O) groups is 1. The maximum atomic E-state index is 12.0. The van der Waals surface area contributed by atoms with Gasteiger partial charge in [-0.2, -0.15) is 0 Å². The van der Waals surface area contributed by atoms with Gasteiger partial charge in [-0.15, -0.1) is 13.2 Å². The summed E-state index contributed by atoms with van der Waals surface area (Å²) < 4.78 is 39.8. The Morgan fingerprint density at radius 2 is 1.95 bits per heavy atom. The van der Waals surface area contributed by atoms with Crippen molar-refractivity contribution < 1.29 is 22.7 Å². The molecular formula is C14H15BrF3NO2. The van der Waals surface area contributed by atoms with E-state index in [0.717, 1.165) is 31.4 Å². The first-order valence-corrected chi connectivity index (χ1v) is 7.55. The predicted octanol–water partition coefficient (Wildman–Crippen LogP) is 3.88. The maximum absolute atomic E-state index is 12.0. The first-order chi connectivity index (χ1) is 9.85. The van der Waals surface area contributed by atoms with Crippen LogP contribution in [0.15, 0.2) is 24.3 Å². The smallest absolute Gasteiger partial charge is 0.406 e. The molecule has 1 aromatic rings. The molecule has 1 N–H and O–H groups in total. The molecule has 0 aliphatic heterocycles. The third-order valence-electron chi connectivity index (χ3n) is 3.44. The minimum Gasteiger partial charge on any atom is -0.406 e. The molecule has 1 amide bonds. The second-order valence-corrected chi connectivity index (χ2v) is 6.17. The molecule has 0 heterocycles. The Morgan fingerprint density at radius 3 is 2.48 bits per heavy atom. The molecule has 1 saturated carbocycles. The van der Waals surface area contributed by atoms with Crippen molar-refractivity contribution in [3.63, 3.8) is 0 Å². The van der Waals surface area contributed by atoms with E-state index in [9.17, 15) is 18.0 Å². The van der Waals surface area contributed by atoms with E-state index in [4.69, 9.17) is 0 Å². The largest absolute Gasteiger partial charge is 0.573 e. The van der Waals surface area contributed by atoms with Crippen molar-refractivity contribution in [2.24, 2.45) is 5.92 Å². The van der Waals surface area contributed by atoms with Gasteiger partial charge in [0.05, 0.1) is 0 Å². The molecule has 0 spiro atoms. The van der Waals surface area contributed by atoms with E-state index in [-0.39, 0.29) is 11.7 Å². The molecule has 7 heteroatoms. The van der Waals surface area contributed by atoms with Crippen LogP contribution in [0.1, 0.15) is 29.6 Å². The first-order valence-electron chi connectivity index (χ1n) is 6.63. The summed E-state index contributed by atoms with van der Waals surface area (Å²) in [5.74, 6) is -0.225. The van der Waals surface area contributed by atoms with Crippen LogP contribution in [-0.4, -0.2) is 23.6 Å². The number of alkyl halides is 4. The van der Waals surface area contributed by atoms with Crippen molar-refractivity contribution in [2.75, 3.05) is 6.54 Å². The van der Waals surface area contributed by atoms with Crippen LogP contribution in [0, 0.1) is 5.92 Å². The number of hydrogen-bond donors (Lipinski definition) is 1. The topological polar surface area (TPSA) is 38.3 Å². The summed E-state index contributed by atoms with van der Waals surface area (Å²) in [6.45, 7) is 0.565. The van der Waals surface area contributed by atoms with Crippen molar-refractivity contribution in [3.05, 3.63) is 29.8 Å². The van der Waals surface area contributed by atoms with Gasteiger partial charge in [-0.1, -0.05) is 22.4 Å². The second-order valence-electron chi connectivity index (χ2n) is 4.99. The van der Waals surface area contributed by atoms with Crippen molar-refractivity contribution in [1.82, 2.24) is 5.32 Å². The minimum absolute atomic E-state index is 0.292. The van der Waals surface area contributed by atoms with E-state index in [1.807, 2.05) is 0 Å². The van der Waals surface area contributed by atoms with Crippen molar-refractivity contribution in [2.45, 2.75) is 30.5 Å². The van der Waals surface area contributed by atoms with Crippen molar-refractivity contribution in [3.8, 4) is 5.75 Å². The summed E-state index contributed by atoms with van der Waals surface area (Å²) in [6, 6.07) is 4.89. The Morgan fingerprint density at radius 1 is 1.29 bits per heavy atom. The zero-order valence-electron chi connectivity index (χ0n) is 11.1. The zero-order chi connectivity index (χ0) is 15.5. The number of ether oxygens (including phenoxy) is 1. The molecular weight excluding hydrogens is 351 g/mol. The van der Waals surface area contributed by atoms with Gasteiger partial charge < -0.3 is 10.1 Å². The van der Waals surface area contributed by atoms with Crippen LogP contribution in [-0.2, 0) is 0 Å². The molecule has 1 aliphatic carbocycles. The van der Waals surface area contributed by atoms with Gasteiger partial charge >= 0.3 is 6.36 Å². The minimum atomic E-state index is -4.73. The maximum Gasteiger partial charge on any atom is 0.573 e. The normalized spacial score (nSPS) is 22.1. The third-order valence-corrected chi connectivity index (χ3v) is 4.65. The lowest BCUT2D eigenvalue weighted by molar-refractivity contribution is -0.274. The predicted molar refractivity (Wildman–Crippen MR) is 75.5 cm³/mol. The molecule has 3 nitrogen and oxygen atoms in total. The number of carbonyl (C=O) groups excluding carboxylic acids is 1. The highest BCUT2D eigenvalue weighted by Crippen LogP contribution is 2.30. The van der Waals surface area contributed by atoms with E-state index in [1.165, 1.54) is 12.1 Å². The second kappa shape index (κ2) is 6.68. The van der Waals surface area contributed by atoms with E-state index >= 15 is 0 Å². The van der Waals surface area contributed by atoms with Crippen LogP contribution < -0.4 is 10.1 Å². The molecule has 0 bridgehead atoms. The van der Waals surface area contributed by atoms with Gasteiger partial charge in [0.2, 0.25) is 0 Å². The van der Waals surface area contributed by atoms with E-state index in [2.05, 4.69) is 26.0 Å². The first kappa shape index (κ1) is 16.1. The molecule has 0 radical (unpaired) electrons. The van der Waals surface area contributed by atoms with Crippen LogP contribution in [0.25, 0.3) is 0 Å². The van der Waals surface area contributed by atoms with Crippen LogP contribution >= 0.6 is 15.9 Å². The number of halogens is 4. The van der Waals surface area contributed by atoms with Crippen LogP contribution in [0.3, 0.4) is 0 Å². The molecule has 0 saturated heterocycles. The van der Waals surface area contributed by atoms with Gasteiger partial charge in [-0.3, -0.25) is 4.79 Å². The number of rotatable bonds is 4. The molecule has 116 valence electrons. The number of nitrogens with one attached hydrogen (secondary N) is 1. The number of benzene rings is 1. The third kappa shape index (κ3) is 4.91. The zero-order valence-corrected chi connectivity index (χ0v) is 12.7. The summed E-state index contributed by atoms with van der Waals surface area (Å²) in [4.78, 5) is 12.3. The summed E-state index contributed by atoms with van der Waals surface area (Å²) in [5.41, 5.74) is 0.314. The highest BCUT2D eigenvalue weighted by molar-refractivity contribution is 9.09. The Labute approximate surface area is 129 Å². The summed E-state index contributed by atoms with van der Waals surface area (Å²) in [6.07, 6.45) is -1.42. The lowest BCUT2D eigenvalue weighted by atomic mass is 10.1. The lowest BCUT2D eigenvalue weighted by Gasteiger charge is -2.15. The monoisotopic (exact) mass is 365 g/mol. The molecule has 1 aliphatic rings. The average molecular weight is 366 g/mol. The number of hydrogen-bond acceptors (Lipinski definition) is 2. The fraction of sp³-hybridized carbons (Fsp3) is 0.500. The summed E-state index contributed by atoms with van der Waals surface area (Å²) >= 11 is 3.57. The van der Waals surface area contributed by atoms with Gasteiger partial charge in [-0.05, 0) is 43.0 Å². The molecule has 2 unspecified atom stereocenters. The fourth-order valence-corrected chi connectivity index (χ4v) is 3.13. The van der Waals surface area contributed by atoms with Gasteiger partial charge in [-0.25, -0.2) is 0 Å². The average Bonchev–Trinajstić information content (AvgIpc) is 2.80.